The van der Waals surface area contributed by atoms with E-state index < -0.39 is 9.84 Å². The average Bonchev–Trinajstić information content (AvgIpc) is 2.46. The lowest BCUT2D eigenvalue weighted by atomic mass is 10.3. The smallest absolute Gasteiger partial charge is 0.175 e. The second-order valence-corrected chi connectivity index (χ2v) is 6.41. The molecule has 0 saturated heterocycles. The lowest BCUT2D eigenvalue weighted by molar-refractivity contribution is 0.340. The first-order valence-corrected chi connectivity index (χ1v) is 8.20. The van der Waals surface area contributed by atoms with E-state index in [-0.39, 0.29) is 4.90 Å². The summed E-state index contributed by atoms with van der Waals surface area (Å²) < 4.78 is 34.0. The van der Waals surface area contributed by atoms with Gasteiger partial charge in [-0.2, -0.15) is 0 Å². The van der Waals surface area contributed by atoms with Gasteiger partial charge in [-0.05, 0) is 36.4 Å². The Kier molecular flexibility index (Phi) is 4.65. The molecule has 2 rings (SSSR count). The molecule has 0 aliphatic rings. The number of ether oxygens (including phenoxy) is 2. The Morgan fingerprint density at radius 3 is 2.24 bits per heavy atom. The van der Waals surface area contributed by atoms with Crippen LogP contribution in [0.15, 0.2) is 66.1 Å². The number of sulfone groups is 1. The molecule has 0 heterocycles. The van der Waals surface area contributed by atoms with Crippen molar-refractivity contribution in [3.8, 4) is 17.2 Å². The second kappa shape index (κ2) is 6.45. The molecule has 0 radical (unpaired) electrons. The zero-order chi connectivity index (χ0) is 15.3. The van der Waals surface area contributed by atoms with Crippen molar-refractivity contribution in [3.05, 3.63) is 61.2 Å². The van der Waals surface area contributed by atoms with Crippen LogP contribution in [0.25, 0.3) is 0 Å². The molecule has 0 amide bonds. The molecule has 0 aromatic heterocycles. The first kappa shape index (κ1) is 15.1. The maximum absolute atomic E-state index is 11.4. The van der Waals surface area contributed by atoms with Crippen LogP contribution in [0.5, 0.6) is 17.2 Å². The average molecular weight is 304 g/mol. The molecule has 0 bridgehead atoms. The van der Waals surface area contributed by atoms with Gasteiger partial charge in [0, 0.05) is 6.26 Å². The zero-order valence-electron chi connectivity index (χ0n) is 11.7. The molecule has 110 valence electrons. The zero-order valence-corrected chi connectivity index (χ0v) is 12.5. The Morgan fingerprint density at radius 2 is 1.67 bits per heavy atom. The van der Waals surface area contributed by atoms with Crippen LogP contribution in [-0.4, -0.2) is 21.3 Å². The maximum Gasteiger partial charge on any atom is 0.175 e. The van der Waals surface area contributed by atoms with E-state index in [9.17, 15) is 8.42 Å². The van der Waals surface area contributed by atoms with Gasteiger partial charge in [0.2, 0.25) is 0 Å². The molecular weight excluding hydrogens is 288 g/mol. The monoisotopic (exact) mass is 304 g/mol. The van der Waals surface area contributed by atoms with E-state index in [4.69, 9.17) is 9.47 Å². The van der Waals surface area contributed by atoms with Crippen molar-refractivity contribution >= 4 is 9.84 Å². The van der Waals surface area contributed by atoms with Gasteiger partial charge in [0.25, 0.3) is 0 Å². The van der Waals surface area contributed by atoms with Crippen LogP contribution in [-0.2, 0) is 9.84 Å². The molecule has 21 heavy (non-hydrogen) atoms. The normalized spacial score (nSPS) is 10.9. The van der Waals surface area contributed by atoms with Crippen LogP contribution >= 0.6 is 0 Å². The number of rotatable bonds is 6. The topological polar surface area (TPSA) is 52.6 Å². The fourth-order valence-electron chi connectivity index (χ4n) is 1.68. The minimum Gasteiger partial charge on any atom is -0.486 e. The van der Waals surface area contributed by atoms with Crippen LogP contribution in [0, 0.1) is 0 Å². The van der Waals surface area contributed by atoms with Crippen LogP contribution < -0.4 is 9.47 Å². The number of hydrogen-bond acceptors (Lipinski definition) is 4. The SMILES string of the molecule is C=CCOc1ccccc1Oc1ccc(S(C)(=O)=O)cc1. The molecule has 0 unspecified atom stereocenters. The molecule has 0 fully saturated rings. The van der Waals surface area contributed by atoms with Crippen molar-refractivity contribution in [3.63, 3.8) is 0 Å². The minimum absolute atomic E-state index is 0.256. The molecule has 0 spiro atoms. The highest BCUT2D eigenvalue weighted by Gasteiger charge is 2.08. The van der Waals surface area contributed by atoms with Gasteiger partial charge in [-0.3, -0.25) is 0 Å². The Morgan fingerprint density at radius 1 is 1.05 bits per heavy atom. The molecule has 2 aromatic rings. The summed E-state index contributed by atoms with van der Waals surface area (Å²) in [7, 11) is -3.20. The van der Waals surface area contributed by atoms with Gasteiger partial charge in [-0.25, -0.2) is 8.42 Å². The molecule has 4 nitrogen and oxygen atoms in total. The van der Waals surface area contributed by atoms with Gasteiger partial charge < -0.3 is 9.47 Å². The van der Waals surface area contributed by atoms with E-state index in [0.717, 1.165) is 0 Å². The second-order valence-electron chi connectivity index (χ2n) is 4.39. The summed E-state index contributed by atoms with van der Waals surface area (Å²) in [5, 5.41) is 0. The first-order valence-electron chi connectivity index (χ1n) is 6.31. The van der Waals surface area contributed by atoms with Gasteiger partial charge in [-0.1, -0.05) is 24.8 Å². The number of hydrogen-bond donors (Lipinski definition) is 0. The fraction of sp³-hybridized carbons (Fsp3) is 0.125. The lowest BCUT2D eigenvalue weighted by Crippen LogP contribution is -1.97. The molecule has 0 saturated carbocycles. The number of para-hydroxylation sites is 2. The first-order chi connectivity index (χ1) is 10.0. The maximum atomic E-state index is 11.4. The Bertz CT molecular complexity index is 718. The van der Waals surface area contributed by atoms with Gasteiger partial charge in [0.15, 0.2) is 21.3 Å². The third-order valence-corrected chi connectivity index (χ3v) is 3.81. The van der Waals surface area contributed by atoms with Gasteiger partial charge in [0.1, 0.15) is 12.4 Å². The molecule has 0 aliphatic heterocycles. The standard InChI is InChI=1S/C16H16O4S/c1-3-12-19-15-6-4-5-7-16(15)20-13-8-10-14(11-9-13)21(2,17)18/h3-11H,1,12H2,2H3. The van der Waals surface area contributed by atoms with Crippen molar-refractivity contribution in [2.24, 2.45) is 0 Å². The summed E-state index contributed by atoms with van der Waals surface area (Å²) in [5.41, 5.74) is 0. The van der Waals surface area contributed by atoms with Crippen molar-refractivity contribution in [1.82, 2.24) is 0 Å². The molecule has 2 aromatic carbocycles. The Hall–Kier alpha value is -2.27. The third kappa shape index (κ3) is 4.10. The summed E-state index contributed by atoms with van der Waals surface area (Å²) in [4.78, 5) is 0.256. The molecule has 0 atom stereocenters. The van der Waals surface area contributed by atoms with E-state index in [1.165, 1.54) is 18.4 Å². The summed E-state index contributed by atoms with van der Waals surface area (Å²) in [5.74, 6) is 1.70. The lowest BCUT2D eigenvalue weighted by Gasteiger charge is -2.11. The highest BCUT2D eigenvalue weighted by molar-refractivity contribution is 7.90. The van der Waals surface area contributed by atoms with Crippen LogP contribution in [0.2, 0.25) is 0 Å². The van der Waals surface area contributed by atoms with Crippen molar-refractivity contribution in [2.75, 3.05) is 12.9 Å². The number of benzene rings is 2. The van der Waals surface area contributed by atoms with E-state index in [2.05, 4.69) is 6.58 Å². The van der Waals surface area contributed by atoms with Crippen LogP contribution in [0.1, 0.15) is 0 Å². The van der Waals surface area contributed by atoms with Crippen molar-refractivity contribution in [1.29, 1.82) is 0 Å². The van der Waals surface area contributed by atoms with Crippen LogP contribution in [0.4, 0.5) is 0 Å². The summed E-state index contributed by atoms with van der Waals surface area (Å²) >= 11 is 0. The predicted octanol–water partition coefficient (Wildman–Crippen LogP) is 3.45. The Balaban J connectivity index is 2.20. The largest absolute Gasteiger partial charge is 0.486 e. The molecular formula is C16H16O4S. The molecule has 0 N–H and O–H groups in total. The quantitative estimate of drug-likeness (QED) is 0.767. The van der Waals surface area contributed by atoms with Gasteiger partial charge in [-0.15, -0.1) is 0 Å². The van der Waals surface area contributed by atoms with E-state index in [1.54, 1.807) is 30.3 Å². The summed E-state index contributed by atoms with van der Waals surface area (Å²) in [6, 6.07) is 13.5. The Labute approximate surface area is 124 Å². The minimum atomic E-state index is -3.20. The third-order valence-electron chi connectivity index (χ3n) is 2.69. The summed E-state index contributed by atoms with van der Waals surface area (Å²) in [6.07, 6.45) is 2.82. The summed E-state index contributed by atoms with van der Waals surface area (Å²) in [6.45, 7) is 3.98. The van der Waals surface area contributed by atoms with Gasteiger partial charge >= 0.3 is 0 Å². The predicted molar refractivity (Wildman–Crippen MR) is 81.8 cm³/mol. The highest BCUT2D eigenvalue weighted by atomic mass is 32.2. The van der Waals surface area contributed by atoms with E-state index in [1.807, 2.05) is 12.1 Å². The fourth-order valence-corrected chi connectivity index (χ4v) is 2.31. The van der Waals surface area contributed by atoms with Crippen molar-refractivity contribution < 1.29 is 17.9 Å². The molecule has 5 heteroatoms. The van der Waals surface area contributed by atoms with E-state index >= 15 is 0 Å². The van der Waals surface area contributed by atoms with E-state index in [0.29, 0.717) is 23.9 Å². The van der Waals surface area contributed by atoms with Crippen molar-refractivity contribution in [2.45, 2.75) is 4.90 Å². The molecule has 0 aliphatic carbocycles. The van der Waals surface area contributed by atoms with Crippen LogP contribution in [0.3, 0.4) is 0 Å². The van der Waals surface area contributed by atoms with Gasteiger partial charge in [0.05, 0.1) is 4.90 Å². The highest BCUT2D eigenvalue weighted by Crippen LogP contribution is 2.31.